The van der Waals surface area contributed by atoms with Crippen molar-refractivity contribution >= 4 is 17.9 Å². The molecule has 1 saturated heterocycles. The zero-order valence-electron chi connectivity index (χ0n) is 10.4. The molecule has 1 aliphatic heterocycles. The number of carbonyl (C=O) groups excluding carboxylic acids is 2. The van der Waals surface area contributed by atoms with Crippen molar-refractivity contribution in [1.29, 1.82) is 0 Å². The van der Waals surface area contributed by atoms with Crippen molar-refractivity contribution in [3.05, 3.63) is 0 Å². The number of carboxylic acid groups (broad SMARTS) is 1. The van der Waals surface area contributed by atoms with Crippen LogP contribution in [0.1, 0.15) is 13.3 Å². The summed E-state index contributed by atoms with van der Waals surface area (Å²) < 4.78 is 0. The molecule has 0 aromatic carbocycles. The van der Waals surface area contributed by atoms with Gasteiger partial charge >= 0.3 is 12.0 Å². The molecule has 0 radical (unpaired) electrons. The number of nitrogens with two attached hydrogens (primary N) is 1. The minimum atomic E-state index is -1.32. The van der Waals surface area contributed by atoms with Crippen molar-refractivity contribution in [2.75, 3.05) is 20.1 Å². The maximum absolute atomic E-state index is 11.7. The fourth-order valence-corrected chi connectivity index (χ4v) is 1.81. The van der Waals surface area contributed by atoms with E-state index in [1.807, 2.05) is 0 Å². The van der Waals surface area contributed by atoms with E-state index in [9.17, 15) is 14.4 Å². The van der Waals surface area contributed by atoms with Crippen molar-refractivity contribution in [1.82, 2.24) is 15.5 Å². The molecule has 0 spiro atoms. The van der Waals surface area contributed by atoms with Gasteiger partial charge in [0, 0.05) is 20.1 Å². The fourth-order valence-electron chi connectivity index (χ4n) is 1.81. The monoisotopic (exact) mass is 258 g/mol. The minimum absolute atomic E-state index is 0.0880. The second-order valence-corrected chi connectivity index (χ2v) is 4.43. The third-order valence-electron chi connectivity index (χ3n) is 3.15. The molecule has 3 amide bonds. The van der Waals surface area contributed by atoms with E-state index in [0.29, 0.717) is 6.54 Å². The molecular formula is C10H18N4O4. The van der Waals surface area contributed by atoms with Gasteiger partial charge in [0.05, 0.1) is 6.04 Å². The number of aliphatic carboxylic acids is 1. The van der Waals surface area contributed by atoms with E-state index in [4.69, 9.17) is 10.8 Å². The van der Waals surface area contributed by atoms with Gasteiger partial charge in [-0.1, -0.05) is 0 Å². The zero-order chi connectivity index (χ0) is 13.9. The summed E-state index contributed by atoms with van der Waals surface area (Å²) in [5.41, 5.74) is 4.39. The highest BCUT2D eigenvalue weighted by Gasteiger charge is 2.43. The van der Waals surface area contributed by atoms with Gasteiger partial charge in [-0.2, -0.15) is 0 Å². The van der Waals surface area contributed by atoms with E-state index in [2.05, 4.69) is 10.6 Å². The molecule has 1 aliphatic rings. The third-order valence-corrected chi connectivity index (χ3v) is 3.15. The quantitative estimate of drug-likeness (QED) is 0.479. The lowest BCUT2D eigenvalue weighted by Gasteiger charge is -2.24. The lowest BCUT2D eigenvalue weighted by Crippen LogP contribution is -2.53. The number of rotatable bonds is 3. The van der Waals surface area contributed by atoms with Crippen LogP contribution in [0.3, 0.4) is 0 Å². The molecule has 8 nitrogen and oxygen atoms in total. The van der Waals surface area contributed by atoms with Crippen LogP contribution in [0.2, 0.25) is 0 Å². The number of amides is 3. The van der Waals surface area contributed by atoms with Gasteiger partial charge in [0.1, 0.15) is 5.54 Å². The molecule has 1 heterocycles. The first-order valence-electron chi connectivity index (χ1n) is 5.59. The fraction of sp³-hybridized carbons (Fsp3) is 0.700. The number of hydrogen-bond acceptors (Lipinski definition) is 5. The summed E-state index contributed by atoms with van der Waals surface area (Å²) >= 11 is 0. The standard InChI is InChI=1S/C10H18N4O4/c1-6(7(15)13-9(18)12-2)14-4-3-10(11,5-14)8(16)17/h6H,3-5,11H2,1-2H3,(H,16,17)(H2,12,13,15,18). The SMILES string of the molecule is CNC(=O)NC(=O)C(C)N1CCC(N)(C(=O)O)C1. The van der Waals surface area contributed by atoms with Crippen LogP contribution in [0.25, 0.3) is 0 Å². The van der Waals surface area contributed by atoms with Crippen molar-refractivity contribution in [3.63, 3.8) is 0 Å². The number of hydrogen-bond donors (Lipinski definition) is 4. The lowest BCUT2D eigenvalue weighted by molar-refractivity contribution is -0.143. The largest absolute Gasteiger partial charge is 0.480 e. The van der Waals surface area contributed by atoms with E-state index >= 15 is 0 Å². The summed E-state index contributed by atoms with van der Waals surface area (Å²) in [6, 6.07) is -1.20. The molecule has 0 aromatic rings. The average Bonchev–Trinajstić information content (AvgIpc) is 2.72. The molecule has 2 unspecified atom stereocenters. The summed E-state index contributed by atoms with van der Waals surface area (Å²) in [4.78, 5) is 35.3. The molecule has 18 heavy (non-hydrogen) atoms. The Hall–Kier alpha value is -1.67. The number of nitrogens with zero attached hydrogens (tertiary/aromatic N) is 1. The van der Waals surface area contributed by atoms with E-state index in [0.717, 1.165) is 0 Å². The Bertz CT molecular complexity index is 373. The van der Waals surface area contributed by atoms with Gasteiger partial charge in [-0.05, 0) is 13.3 Å². The molecule has 0 bridgehead atoms. The molecule has 1 rings (SSSR count). The summed E-state index contributed by atoms with van der Waals surface area (Å²) in [7, 11) is 1.40. The van der Waals surface area contributed by atoms with Crippen LogP contribution in [0.5, 0.6) is 0 Å². The Kier molecular flexibility index (Phi) is 4.25. The molecule has 0 aliphatic carbocycles. The van der Waals surface area contributed by atoms with Gasteiger partial charge in [0.25, 0.3) is 0 Å². The van der Waals surface area contributed by atoms with Crippen LogP contribution in [0.4, 0.5) is 4.79 Å². The van der Waals surface area contributed by atoms with E-state index in [1.165, 1.54) is 7.05 Å². The number of likely N-dealkylation sites (tertiary alicyclic amines) is 1. The van der Waals surface area contributed by atoms with Crippen molar-refractivity contribution < 1.29 is 19.5 Å². The van der Waals surface area contributed by atoms with Crippen LogP contribution in [-0.2, 0) is 9.59 Å². The number of urea groups is 1. The van der Waals surface area contributed by atoms with Crippen LogP contribution >= 0.6 is 0 Å². The minimum Gasteiger partial charge on any atom is -0.480 e. The molecule has 0 aromatic heterocycles. The van der Waals surface area contributed by atoms with E-state index < -0.39 is 29.5 Å². The third kappa shape index (κ3) is 2.96. The Morgan fingerprint density at radius 3 is 2.50 bits per heavy atom. The van der Waals surface area contributed by atoms with Gasteiger partial charge in [0.2, 0.25) is 5.91 Å². The van der Waals surface area contributed by atoms with Gasteiger partial charge in [0.15, 0.2) is 0 Å². The normalized spacial score (nSPS) is 25.5. The average molecular weight is 258 g/mol. The van der Waals surface area contributed by atoms with Crippen molar-refractivity contribution in [3.8, 4) is 0 Å². The van der Waals surface area contributed by atoms with Crippen LogP contribution in [-0.4, -0.2) is 59.6 Å². The summed E-state index contributed by atoms with van der Waals surface area (Å²) in [6.45, 7) is 2.10. The first-order chi connectivity index (χ1) is 8.30. The molecule has 0 saturated carbocycles. The Balaban J connectivity index is 2.59. The van der Waals surface area contributed by atoms with E-state index in [-0.39, 0.29) is 13.0 Å². The predicted molar refractivity (Wildman–Crippen MR) is 62.8 cm³/mol. The Morgan fingerprint density at radius 1 is 1.44 bits per heavy atom. The Morgan fingerprint density at radius 2 is 2.06 bits per heavy atom. The summed E-state index contributed by atoms with van der Waals surface area (Å²) in [5.74, 6) is -1.56. The highest BCUT2D eigenvalue weighted by atomic mass is 16.4. The maximum atomic E-state index is 11.7. The number of carboxylic acids is 1. The van der Waals surface area contributed by atoms with E-state index in [1.54, 1.807) is 11.8 Å². The van der Waals surface area contributed by atoms with Crippen LogP contribution in [0, 0.1) is 0 Å². The number of imide groups is 1. The number of carbonyl (C=O) groups is 3. The summed E-state index contributed by atoms with van der Waals surface area (Å²) in [5, 5.41) is 13.4. The maximum Gasteiger partial charge on any atom is 0.325 e. The molecule has 1 fully saturated rings. The van der Waals surface area contributed by atoms with Crippen LogP contribution in [0.15, 0.2) is 0 Å². The first-order valence-corrected chi connectivity index (χ1v) is 5.59. The Labute approximate surface area is 104 Å². The number of nitrogens with one attached hydrogen (secondary N) is 2. The lowest BCUT2D eigenvalue weighted by atomic mass is 10.0. The molecule has 8 heteroatoms. The zero-order valence-corrected chi connectivity index (χ0v) is 10.4. The van der Waals surface area contributed by atoms with Gasteiger partial charge in [-0.3, -0.25) is 19.8 Å². The molecule has 102 valence electrons. The second kappa shape index (κ2) is 5.32. The summed E-state index contributed by atoms with van der Waals surface area (Å²) in [6.07, 6.45) is 0.278. The molecule has 2 atom stereocenters. The molecule has 5 N–H and O–H groups in total. The van der Waals surface area contributed by atoms with Crippen molar-refractivity contribution in [2.45, 2.75) is 24.9 Å². The highest BCUT2D eigenvalue weighted by molar-refractivity contribution is 5.96. The smallest absolute Gasteiger partial charge is 0.325 e. The van der Waals surface area contributed by atoms with Crippen LogP contribution < -0.4 is 16.4 Å². The second-order valence-electron chi connectivity index (χ2n) is 4.43. The topological polar surface area (TPSA) is 125 Å². The predicted octanol–water partition coefficient (Wildman–Crippen LogP) is -1.68. The molecular weight excluding hydrogens is 240 g/mol. The van der Waals surface area contributed by atoms with Gasteiger partial charge in [-0.15, -0.1) is 0 Å². The van der Waals surface area contributed by atoms with Gasteiger partial charge < -0.3 is 16.2 Å². The highest BCUT2D eigenvalue weighted by Crippen LogP contribution is 2.21. The van der Waals surface area contributed by atoms with Gasteiger partial charge in [-0.25, -0.2) is 4.79 Å². The van der Waals surface area contributed by atoms with Crippen molar-refractivity contribution in [2.24, 2.45) is 5.73 Å². The first kappa shape index (κ1) is 14.4.